The number of carboxylic acids is 1. The topological polar surface area (TPSA) is 116 Å². The van der Waals surface area contributed by atoms with Crippen molar-refractivity contribution in [1.29, 1.82) is 0 Å². The Kier molecular flexibility index (Phi) is 8.30. The lowest BCUT2D eigenvalue weighted by atomic mass is 10.2. The first-order valence-electron chi connectivity index (χ1n) is 5.59. The molecule has 106 valence electrons. The number of amides is 2. The van der Waals surface area contributed by atoms with Crippen LogP contribution in [0.1, 0.15) is 19.8 Å². The van der Waals surface area contributed by atoms with E-state index in [2.05, 4.69) is 10.6 Å². The molecule has 0 aromatic rings. The van der Waals surface area contributed by atoms with Gasteiger partial charge < -0.3 is 20.8 Å². The molecular weight excluding hydrogens is 260 g/mol. The van der Waals surface area contributed by atoms with E-state index in [0.29, 0.717) is 13.0 Å². The Morgan fingerprint density at radius 1 is 1.22 bits per heavy atom. The zero-order valence-corrected chi connectivity index (χ0v) is 11.3. The fraction of sp³-hybridized carbons (Fsp3) is 0.800. The molecule has 8 heteroatoms. The lowest BCUT2D eigenvalue weighted by Crippen LogP contribution is -2.38. The molecule has 3 unspecified atom stereocenters. The van der Waals surface area contributed by atoms with Gasteiger partial charge in [0.25, 0.3) is 0 Å². The molecule has 0 saturated heterocycles. The summed E-state index contributed by atoms with van der Waals surface area (Å²) in [5.74, 6) is -1.31. The Morgan fingerprint density at radius 3 is 2.17 bits per heavy atom. The van der Waals surface area contributed by atoms with E-state index in [4.69, 9.17) is 10.2 Å². The third kappa shape index (κ3) is 8.02. The molecule has 7 nitrogen and oxygen atoms in total. The van der Waals surface area contributed by atoms with E-state index in [1.54, 1.807) is 6.26 Å². The molecule has 0 aromatic carbocycles. The third-order valence-electron chi connectivity index (χ3n) is 2.39. The largest absolute Gasteiger partial charge is 0.479 e. The summed E-state index contributed by atoms with van der Waals surface area (Å²) < 4.78 is 11.0. The Balaban J connectivity index is 3.61. The van der Waals surface area contributed by atoms with Gasteiger partial charge in [-0.25, -0.2) is 9.59 Å². The van der Waals surface area contributed by atoms with E-state index in [1.165, 1.54) is 0 Å². The maximum absolute atomic E-state index is 11.2. The van der Waals surface area contributed by atoms with Crippen LogP contribution in [0.2, 0.25) is 0 Å². The third-order valence-corrected chi connectivity index (χ3v) is 3.76. The lowest BCUT2D eigenvalue weighted by Gasteiger charge is -2.11. The van der Waals surface area contributed by atoms with Gasteiger partial charge in [-0.3, -0.25) is 4.21 Å². The second-order valence-electron chi connectivity index (χ2n) is 3.92. The normalized spacial score (nSPS) is 15.5. The van der Waals surface area contributed by atoms with Crippen LogP contribution in [0.4, 0.5) is 4.79 Å². The smallest absolute Gasteiger partial charge is 0.332 e. The molecule has 2 amide bonds. The van der Waals surface area contributed by atoms with Gasteiger partial charge >= 0.3 is 12.0 Å². The fourth-order valence-corrected chi connectivity index (χ4v) is 1.51. The van der Waals surface area contributed by atoms with Gasteiger partial charge in [0.2, 0.25) is 0 Å². The highest BCUT2D eigenvalue weighted by atomic mass is 32.2. The predicted octanol–water partition coefficient (Wildman–Crippen LogP) is -0.722. The van der Waals surface area contributed by atoms with Crippen molar-refractivity contribution >= 4 is 22.8 Å². The number of carboxylic acid groups (broad SMARTS) is 1. The molecule has 4 N–H and O–H groups in total. The van der Waals surface area contributed by atoms with Crippen LogP contribution in [0.15, 0.2) is 0 Å². The van der Waals surface area contributed by atoms with Crippen molar-refractivity contribution in [3.63, 3.8) is 0 Å². The molecular formula is C10H20N2O5S. The summed E-state index contributed by atoms with van der Waals surface area (Å²) in [6, 6.07) is -0.429. The Bertz CT molecular complexity index is 283. The number of urea groups is 1. The van der Waals surface area contributed by atoms with Gasteiger partial charge in [0.05, 0.1) is 0 Å². The van der Waals surface area contributed by atoms with Gasteiger partial charge in [0, 0.05) is 41.8 Å². The molecule has 3 atom stereocenters. The molecule has 0 aliphatic heterocycles. The van der Waals surface area contributed by atoms with Crippen LogP contribution in [-0.4, -0.2) is 57.1 Å². The Morgan fingerprint density at radius 2 is 1.72 bits per heavy atom. The predicted molar refractivity (Wildman–Crippen MR) is 67.8 cm³/mol. The minimum atomic E-state index is -1.46. The number of rotatable bonds is 8. The molecule has 0 saturated carbocycles. The lowest BCUT2D eigenvalue weighted by molar-refractivity contribution is -0.146. The van der Waals surface area contributed by atoms with Crippen molar-refractivity contribution in [3.8, 4) is 0 Å². The minimum absolute atomic E-state index is 0.0131. The monoisotopic (exact) mass is 280 g/mol. The van der Waals surface area contributed by atoms with E-state index in [0.717, 1.165) is 0 Å². The standard InChI is InChI=1S/C10H20N2O5S/c1-7(18(2)17)3-5-11-10(16)12-6-4-8(13)9(14)15/h7-8,13H,3-6H2,1-2H3,(H,14,15)(H2,11,12,16). The van der Waals surface area contributed by atoms with Crippen molar-refractivity contribution < 1.29 is 24.0 Å². The number of hydrogen-bond acceptors (Lipinski definition) is 4. The van der Waals surface area contributed by atoms with E-state index >= 15 is 0 Å². The van der Waals surface area contributed by atoms with Gasteiger partial charge in [-0.05, 0) is 6.42 Å². The number of hydrogen-bond donors (Lipinski definition) is 4. The molecule has 0 bridgehead atoms. The van der Waals surface area contributed by atoms with Crippen LogP contribution in [0.25, 0.3) is 0 Å². The highest BCUT2D eigenvalue weighted by Gasteiger charge is 2.12. The first kappa shape index (κ1) is 16.9. The van der Waals surface area contributed by atoms with E-state index in [-0.39, 0.29) is 18.2 Å². The van der Waals surface area contributed by atoms with E-state index in [1.807, 2.05) is 6.92 Å². The maximum atomic E-state index is 11.2. The summed E-state index contributed by atoms with van der Waals surface area (Å²) in [6.45, 7) is 2.31. The number of carbonyl (C=O) groups excluding carboxylic acids is 1. The SMILES string of the molecule is CC(CCNC(=O)NCCC(O)C(=O)O)S(C)=O. The fourth-order valence-electron chi connectivity index (χ4n) is 1.06. The second-order valence-corrected chi connectivity index (χ2v) is 5.73. The van der Waals surface area contributed by atoms with Crippen molar-refractivity contribution in [3.05, 3.63) is 0 Å². The highest BCUT2D eigenvalue weighted by Crippen LogP contribution is 1.97. The van der Waals surface area contributed by atoms with E-state index in [9.17, 15) is 13.8 Å². The summed E-state index contributed by atoms with van der Waals surface area (Å²) in [7, 11) is -0.912. The van der Waals surface area contributed by atoms with Crippen molar-refractivity contribution in [2.24, 2.45) is 0 Å². The van der Waals surface area contributed by atoms with Crippen molar-refractivity contribution in [2.45, 2.75) is 31.1 Å². The van der Waals surface area contributed by atoms with Gasteiger partial charge in [-0.1, -0.05) is 6.92 Å². The van der Waals surface area contributed by atoms with Crippen LogP contribution in [0.3, 0.4) is 0 Å². The average Bonchev–Trinajstić information content (AvgIpc) is 2.28. The summed E-state index contributed by atoms with van der Waals surface area (Å²) in [4.78, 5) is 21.5. The van der Waals surface area contributed by atoms with Gasteiger partial charge in [-0.15, -0.1) is 0 Å². The highest BCUT2D eigenvalue weighted by molar-refractivity contribution is 7.84. The molecule has 0 rings (SSSR count). The van der Waals surface area contributed by atoms with Crippen LogP contribution in [-0.2, 0) is 15.6 Å². The number of carbonyl (C=O) groups is 2. The molecule has 0 radical (unpaired) electrons. The van der Waals surface area contributed by atoms with Crippen molar-refractivity contribution in [1.82, 2.24) is 10.6 Å². The first-order valence-corrected chi connectivity index (χ1v) is 7.21. The number of aliphatic carboxylic acids is 1. The number of aliphatic hydroxyl groups excluding tert-OH is 1. The van der Waals surface area contributed by atoms with Gasteiger partial charge in [0.15, 0.2) is 6.10 Å². The second kappa shape index (κ2) is 8.87. The average molecular weight is 280 g/mol. The Labute approximate surface area is 108 Å². The zero-order valence-electron chi connectivity index (χ0n) is 10.5. The molecule has 0 heterocycles. The molecule has 18 heavy (non-hydrogen) atoms. The van der Waals surface area contributed by atoms with Gasteiger partial charge in [0.1, 0.15) is 0 Å². The summed E-state index contributed by atoms with van der Waals surface area (Å²) >= 11 is 0. The molecule has 0 spiro atoms. The number of nitrogens with one attached hydrogen (secondary N) is 2. The van der Waals surface area contributed by atoms with Crippen molar-refractivity contribution in [2.75, 3.05) is 19.3 Å². The zero-order chi connectivity index (χ0) is 14.1. The van der Waals surface area contributed by atoms with Crippen LogP contribution >= 0.6 is 0 Å². The molecule has 0 aliphatic carbocycles. The summed E-state index contributed by atoms with van der Waals surface area (Å²) in [6.07, 6.45) is 0.706. The first-order chi connectivity index (χ1) is 8.34. The Hall–Kier alpha value is -1.15. The molecule has 0 aromatic heterocycles. The van der Waals surface area contributed by atoms with E-state index < -0.39 is 28.9 Å². The quantitative estimate of drug-likeness (QED) is 0.468. The van der Waals surface area contributed by atoms with Gasteiger partial charge in [-0.2, -0.15) is 0 Å². The van der Waals surface area contributed by atoms with Crippen LogP contribution in [0.5, 0.6) is 0 Å². The van der Waals surface area contributed by atoms with Crippen LogP contribution in [0, 0.1) is 0 Å². The molecule has 0 fully saturated rings. The summed E-state index contributed by atoms with van der Waals surface area (Å²) in [5, 5.41) is 22.3. The summed E-state index contributed by atoms with van der Waals surface area (Å²) in [5.41, 5.74) is 0. The maximum Gasteiger partial charge on any atom is 0.332 e. The van der Waals surface area contributed by atoms with Crippen LogP contribution < -0.4 is 10.6 Å². The molecule has 0 aliphatic rings. The number of aliphatic hydroxyl groups is 1. The minimum Gasteiger partial charge on any atom is -0.479 e.